The smallest absolute Gasteiger partial charge is 0.241 e. The molecule has 1 atom stereocenters. The van der Waals surface area contributed by atoms with Crippen LogP contribution in [0.15, 0.2) is 18.2 Å². The van der Waals surface area contributed by atoms with Crippen molar-refractivity contribution < 1.29 is 9.53 Å². The van der Waals surface area contributed by atoms with Crippen LogP contribution in [0.2, 0.25) is 0 Å². The minimum atomic E-state index is -0.187. The number of likely N-dealkylation sites (N-methyl/N-ethyl adjacent to an activating group) is 1. The van der Waals surface area contributed by atoms with E-state index in [0.29, 0.717) is 17.1 Å². The summed E-state index contributed by atoms with van der Waals surface area (Å²) in [5, 5.41) is 2.91. The van der Waals surface area contributed by atoms with Gasteiger partial charge in [0.05, 0.1) is 18.8 Å². The number of rotatable bonds is 8. The number of hydrogen-bond acceptors (Lipinski definition) is 4. The Bertz CT molecular complexity index is 463. The number of anilines is 2. The van der Waals surface area contributed by atoms with Crippen molar-refractivity contribution in [3.63, 3.8) is 0 Å². The topological polar surface area (TPSA) is 67.6 Å². The van der Waals surface area contributed by atoms with Crippen molar-refractivity contribution in [2.24, 2.45) is 0 Å². The monoisotopic (exact) mass is 293 g/mol. The Balaban J connectivity index is 2.77. The van der Waals surface area contributed by atoms with Crippen molar-refractivity contribution in [3.8, 4) is 5.75 Å². The molecule has 0 saturated carbocycles. The number of nitrogens with two attached hydrogens (primary N) is 1. The zero-order valence-corrected chi connectivity index (χ0v) is 13.5. The van der Waals surface area contributed by atoms with Gasteiger partial charge in [-0.3, -0.25) is 9.69 Å². The van der Waals surface area contributed by atoms with E-state index in [0.717, 1.165) is 25.9 Å². The summed E-state index contributed by atoms with van der Waals surface area (Å²) in [7, 11) is 1.57. The lowest BCUT2D eigenvalue weighted by atomic mass is 10.2. The van der Waals surface area contributed by atoms with Gasteiger partial charge in [0.2, 0.25) is 5.91 Å². The molecule has 5 heteroatoms. The van der Waals surface area contributed by atoms with E-state index in [1.54, 1.807) is 25.3 Å². The number of unbranched alkanes of at least 4 members (excludes halogenated alkanes) is 1. The Labute approximate surface area is 127 Å². The zero-order valence-electron chi connectivity index (χ0n) is 13.5. The van der Waals surface area contributed by atoms with E-state index in [1.165, 1.54) is 0 Å². The summed E-state index contributed by atoms with van der Waals surface area (Å²) >= 11 is 0. The number of methoxy groups -OCH3 is 1. The summed E-state index contributed by atoms with van der Waals surface area (Å²) < 4.78 is 5.25. The molecule has 5 nitrogen and oxygen atoms in total. The van der Waals surface area contributed by atoms with Gasteiger partial charge in [0.15, 0.2) is 0 Å². The van der Waals surface area contributed by atoms with Crippen LogP contribution >= 0.6 is 0 Å². The van der Waals surface area contributed by atoms with Gasteiger partial charge in [-0.15, -0.1) is 0 Å². The molecule has 0 saturated heterocycles. The number of nitrogens with zero attached hydrogens (tertiary/aromatic N) is 1. The van der Waals surface area contributed by atoms with Gasteiger partial charge >= 0.3 is 0 Å². The summed E-state index contributed by atoms with van der Waals surface area (Å²) in [6.45, 7) is 7.92. The first-order chi connectivity index (χ1) is 10.0. The lowest BCUT2D eigenvalue weighted by Gasteiger charge is -2.27. The molecule has 0 aromatic heterocycles. The highest BCUT2D eigenvalue weighted by Crippen LogP contribution is 2.26. The van der Waals surface area contributed by atoms with Crippen molar-refractivity contribution in [1.29, 1.82) is 0 Å². The molecule has 1 amide bonds. The molecule has 3 N–H and O–H groups in total. The Morgan fingerprint density at radius 1 is 1.43 bits per heavy atom. The van der Waals surface area contributed by atoms with Crippen LogP contribution in [-0.2, 0) is 4.79 Å². The summed E-state index contributed by atoms with van der Waals surface area (Å²) in [6, 6.07) is 5.03. The molecule has 0 heterocycles. The molecule has 0 aliphatic heterocycles. The van der Waals surface area contributed by atoms with Crippen molar-refractivity contribution in [1.82, 2.24) is 4.90 Å². The molecule has 0 aliphatic carbocycles. The van der Waals surface area contributed by atoms with E-state index in [-0.39, 0.29) is 11.9 Å². The quantitative estimate of drug-likeness (QED) is 0.723. The van der Waals surface area contributed by atoms with E-state index < -0.39 is 0 Å². The predicted octanol–water partition coefficient (Wildman–Crippen LogP) is 2.73. The summed E-state index contributed by atoms with van der Waals surface area (Å²) in [5.41, 5.74) is 6.97. The van der Waals surface area contributed by atoms with Gasteiger partial charge < -0.3 is 15.8 Å². The van der Waals surface area contributed by atoms with Gasteiger partial charge in [-0.1, -0.05) is 20.3 Å². The molecule has 0 fully saturated rings. The fourth-order valence-corrected chi connectivity index (χ4v) is 2.21. The molecule has 0 spiro atoms. The van der Waals surface area contributed by atoms with E-state index in [2.05, 4.69) is 24.1 Å². The Hall–Kier alpha value is -1.75. The first-order valence-corrected chi connectivity index (χ1v) is 7.51. The van der Waals surface area contributed by atoms with Crippen LogP contribution in [0.25, 0.3) is 0 Å². The molecule has 21 heavy (non-hydrogen) atoms. The van der Waals surface area contributed by atoms with E-state index in [9.17, 15) is 4.79 Å². The van der Waals surface area contributed by atoms with Gasteiger partial charge in [0.25, 0.3) is 0 Å². The van der Waals surface area contributed by atoms with Gasteiger partial charge in [0.1, 0.15) is 5.75 Å². The van der Waals surface area contributed by atoms with Gasteiger partial charge in [-0.25, -0.2) is 0 Å². The van der Waals surface area contributed by atoms with Crippen LogP contribution in [0.5, 0.6) is 5.75 Å². The van der Waals surface area contributed by atoms with Gasteiger partial charge in [-0.2, -0.15) is 0 Å². The van der Waals surface area contributed by atoms with Crippen LogP contribution in [0.4, 0.5) is 11.4 Å². The second-order valence-electron chi connectivity index (χ2n) is 5.11. The number of nitrogen functional groups attached to an aromatic ring is 1. The van der Waals surface area contributed by atoms with Crippen molar-refractivity contribution in [3.05, 3.63) is 18.2 Å². The fourth-order valence-electron chi connectivity index (χ4n) is 2.21. The predicted molar refractivity (Wildman–Crippen MR) is 87.7 cm³/mol. The van der Waals surface area contributed by atoms with E-state index in [4.69, 9.17) is 10.5 Å². The Morgan fingerprint density at radius 2 is 2.14 bits per heavy atom. The van der Waals surface area contributed by atoms with Crippen LogP contribution in [0.1, 0.15) is 33.6 Å². The number of ether oxygens (including phenoxy) is 1. The normalized spacial score (nSPS) is 12.2. The number of nitrogens with one attached hydrogen (secondary N) is 1. The highest BCUT2D eigenvalue weighted by atomic mass is 16.5. The van der Waals surface area contributed by atoms with Gasteiger partial charge in [-0.05, 0) is 44.6 Å². The third kappa shape index (κ3) is 4.93. The van der Waals surface area contributed by atoms with Crippen LogP contribution in [0, 0.1) is 0 Å². The van der Waals surface area contributed by atoms with Crippen molar-refractivity contribution >= 4 is 17.3 Å². The lowest BCUT2D eigenvalue weighted by Crippen LogP contribution is -2.42. The number of carbonyl (C=O) groups excluding carboxylic acids is 1. The molecule has 0 aliphatic rings. The third-order valence-electron chi connectivity index (χ3n) is 3.61. The van der Waals surface area contributed by atoms with Crippen molar-refractivity contribution in [2.75, 3.05) is 31.2 Å². The second-order valence-corrected chi connectivity index (χ2v) is 5.11. The van der Waals surface area contributed by atoms with E-state index >= 15 is 0 Å². The highest BCUT2D eigenvalue weighted by Gasteiger charge is 2.20. The Kier molecular flexibility index (Phi) is 7.02. The maximum atomic E-state index is 12.4. The van der Waals surface area contributed by atoms with E-state index in [1.807, 2.05) is 6.92 Å². The molecule has 1 aromatic rings. The first kappa shape index (κ1) is 17.3. The molecule has 118 valence electrons. The number of amides is 1. The molecular weight excluding hydrogens is 266 g/mol. The maximum Gasteiger partial charge on any atom is 0.241 e. The molecule has 1 unspecified atom stereocenters. The highest BCUT2D eigenvalue weighted by molar-refractivity contribution is 5.96. The second kappa shape index (κ2) is 8.52. The van der Waals surface area contributed by atoms with Crippen molar-refractivity contribution in [2.45, 2.75) is 39.7 Å². The molecule has 0 radical (unpaired) electrons. The molecule has 1 aromatic carbocycles. The van der Waals surface area contributed by atoms with Crippen LogP contribution in [-0.4, -0.2) is 37.0 Å². The van der Waals surface area contributed by atoms with Crippen LogP contribution in [0.3, 0.4) is 0 Å². The average Bonchev–Trinajstić information content (AvgIpc) is 2.48. The van der Waals surface area contributed by atoms with Gasteiger partial charge in [0, 0.05) is 5.69 Å². The molecular formula is C16H27N3O2. The average molecular weight is 293 g/mol. The van der Waals surface area contributed by atoms with Crippen LogP contribution < -0.4 is 15.8 Å². The lowest BCUT2D eigenvalue weighted by molar-refractivity contribution is -0.120. The molecule has 0 bridgehead atoms. The zero-order chi connectivity index (χ0) is 15.8. The summed E-state index contributed by atoms with van der Waals surface area (Å²) in [6.07, 6.45) is 2.21. The third-order valence-corrected chi connectivity index (χ3v) is 3.61. The summed E-state index contributed by atoms with van der Waals surface area (Å²) in [4.78, 5) is 14.6. The first-order valence-electron chi connectivity index (χ1n) is 7.51. The summed E-state index contributed by atoms with van der Waals surface area (Å²) in [5.74, 6) is 0.568. The Morgan fingerprint density at radius 3 is 2.71 bits per heavy atom. The largest absolute Gasteiger partial charge is 0.495 e. The maximum absolute atomic E-state index is 12.4. The standard InChI is InChI=1S/C16H27N3O2/c1-5-7-10-19(6-2)12(3)16(20)18-14-11-13(17)8-9-15(14)21-4/h8-9,11-12H,5-7,10,17H2,1-4H3,(H,18,20). The molecule has 1 rings (SSSR count). The SMILES string of the molecule is CCCCN(CC)C(C)C(=O)Nc1cc(N)ccc1OC. The minimum absolute atomic E-state index is 0.0446. The minimum Gasteiger partial charge on any atom is -0.495 e. The number of hydrogen-bond donors (Lipinski definition) is 2. The number of benzene rings is 1. The number of carbonyl (C=O) groups is 1. The fraction of sp³-hybridized carbons (Fsp3) is 0.562.